The Labute approximate surface area is 66.1 Å². The van der Waals surface area contributed by atoms with E-state index in [1.807, 2.05) is 13.8 Å². The third-order valence-electron chi connectivity index (χ3n) is 0.408. The van der Waals surface area contributed by atoms with Crippen LogP contribution in [-0.4, -0.2) is 13.2 Å². The van der Waals surface area contributed by atoms with Gasteiger partial charge in [-0.25, -0.2) is 0 Å². The molecule has 7 heavy (non-hydrogen) atoms. The maximum atomic E-state index is 4.83. The first-order valence-electron chi connectivity index (χ1n) is 2.26. The summed E-state index contributed by atoms with van der Waals surface area (Å²) in [5, 5.41) is 0. The molecule has 0 saturated heterocycles. The molecule has 0 fully saturated rings. The predicted molar refractivity (Wildman–Crippen MR) is 36.2 cm³/mol. The Balaban J connectivity index is 0. The molecule has 41 valence electrons. The fourth-order valence-corrected chi connectivity index (χ4v) is 0.204. The first-order valence-corrected chi connectivity index (χ1v) is 11.3. The SMILES string of the molecule is CCOCC.[Zn][I]. The van der Waals surface area contributed by atoms with E-state index in [-0.39, 0.29) is 0 Å². The molecule has 0 amide bonds. The summed E-state index contributed by atoms with van der Waals surface area (Å²) in [5.41, 5.74) is 0. The van der Waals surface area contributed by atoms with Gasteiger partial charge in [-0.3, -0.25) is 0 Å². The minimum atomic E-state index is 0.844. The molecule has 0 aliphatic heterocycles. The van der Waals surface area contributed by atoms with E-state index in [4.69, 9.17) is 4.74 Å². The Hall–Kier alpha value is 1.31. The molecule has 1 nitrogen and oxygen atoms in total. The Bertz CT molecular complexity index is 19.2. The van der Waals surface area contributed by atoms with Gasteiger partial charge in [0.1, 0.15) is 0 Å². The second kappa shape index (κ2) is 15.7. The van der Waals surface area contributed by atoms with Gasteiger partial charge in [-0.05, 0) is 13.8 Å². The molecular weight excluding hydrogens is 256 g/mol. The molecule has 0 saturated carbocycles. The number of hydrogen-bond acceptors (Lipinski definition) is 1. The second-order valence-electron chi connectivity index (χ2n) is 0.781. The van der Waals surface area contributed by atoms with E-state index in [2.05, 4.69) is 19.8 Å². The van der Waals surface area contributed by atoms with Crippen LogP contribution < -0.4 is 0 Å². The Kier molecular flexibility index (Phi) is 25.0. The van der Waals surface area contributed by atoms with Gasteiger partial charge in [0.05, 0.1) is 0 Å². The van der Waals surface area contributed by atoms with Gasteiger partial charge < -0.3 is 4.74 Å². The zero-order chi connectivity index (χ0) is 6.12. The van der Waals surface area contributed by atoms with Gasteiger partial charge >= 0.3 is 34.5 Å². The van der Waals surface area contributed by atoms with E-state index < -0.39 is 0 Å². The predicted octanol–water partition coefficient (Wildman–Crippen LogP) is 1.93. The summed E-state index contributed by atoms with van der Waals surface area (Å²) >= 11 is 3.62. The number of halogens is 1. The van der Waals surface area contributed by atoms with Crippen LogP contribution in [-0.2, 0) is 19.5 Å². The van der Waals surface area contributed by atoms with Gasteiger partial charge in [-0.2, -0.15) is 0 Å². The van der Waals surface area contributed by atoms with E-state index in [0.717, 1.165) is 13.2 Å². The molecule has 0 aromatic carbocycles. The molecule has 0 atom stereocenters. The Morgan fingerprint density at radius 3 is 1.57 bits per heavy atom. The molecule has 0 heterocycles. The molecular formula is C4H10IOZn. The normalized spacial score (nSPS) is 7.00. The van der Waals surface area contributed by atoms with Crippen LogP contribution in [0.2, 0.25) is 0 Å². The van der Waals surface area contributed by atoms with Crippen molar-refractivity contribution < 1.29 is 19.5 Å². The van der Waals surface area contributed by atoms with Gasteiger partial charge in [0.2, 0.25) is 0 Å². The minimum absolute atomic E-state index is 0.844. The topological polar surface area (TPSA) is 9.23 Å². The molecule has 0 rings (SSSR count). The van der Waals surface area contributed by atoms with Crippen molar-refractivity contribution in [3.63, 3.8) is 0 Å². The molecule has 0 aromatic rings. The van der Waals surface area contributed by atoms with Crippen molar-refractivity contribution in [3.8, 4) is 0 Å². The maximum absolute atomic E-state index is 4.83. The summed E-state index contributed by atoms with van der Waals surface area (Å²) in [7, 11) is 0. The van der Waals surface area contributed by atoms with Crippen LogP contribution in [0.5, 0.6) is 0 Å². The van der Waals surface area contributed by atoms with Crippen molar-refractivity contribution in [3.05, 3.63) is 0 Å². The summed E-state index contributed by atoms with van der Waals surface area (Å²) in [6.07, 6.45) is 0. The summed E-state index contributed by atoms with van der Waals surface area (Å²) in [6, 6.07) is 0. The molecule has 0 unspecified atom stereocenters. The first-order chi connectivity index (χ1) is 3.41. The van der Waals surface area contributed by atoms with E-state index in [0.29, 0.717) is 0 Å². The van der Waals surface area contributed by atoms with E-state index in [1.54, 1.807) is 0 Å². The summed E-state index contributed by atoms with van der Waals surface area (Å²) in [5.74, 6) is 0. The van der Waals surface area contributed by atoms with Crippen molar-refractivity contribution in [1.29, 1.82) is 0 Å². The third-order valence-corrected chi connectivity index (χ3v) is 0.408. The molecule has 0 aromatic heterocycles. The average Bonchev–Trinajstić information content (AvgIpc) is 1.75. The molecule has 0 aliphatic rings. The van der Waals surface area contributed by atoms with Crippen LogP contribution in [0.3, 0.4) is 0 Å². The van der Waals surface area contributed by atoms with Crippen LogP contribution >= 0.6 is 19.8 Å². The second-order valence-corrected chi connectivity index (χ2v) is 0.781. The summed E-state index contributed by atoms with van der Waals surface area (Å²) < 4.78 is 4.83. The fraction of sp³-hybridized carbons (Fsp3) is 1.00. The van der Waals surface area contributed by atoms with Crippen molar-refractivity contribution in [2.24, 2.45) is 0 Å². The van der Waals surface area contributed by atoms with E-state index in [9.17, 15) is 0 Å². The molecule has 0 bridgehead atoms. The monoisotopic (exact) mass is 265 g/mol. The molecule has 0 radical (unpaired) electrons. The molecule has 0 aliphatic carbocycles. The number of ether oxygens (including phenoxy) is 1. The van der Waals surface area contributed by atoms with Gasteiger partial charge in [0.25, 0.3) is 0 Å². The third kappa shape index (κ3) is 18.8. The van der Waals surface area contributed by atoms with Crippen LogP contribution in [0.25, 0.3) is 0 Å². The van der Waals surface area contributed by atoms with Gasteiger partial charge in [-0.15, -0.1) is 0 Å². The van der Waals surface area contributed by atoms with Crippen molar-refractivity contribution >= 4 is 19.8 Å². The number of hydrogen-bond donors (Lipinski definition) is 0. The standard InChI is InChI=1S/C4H10O.HI.Zn/c1-3-5-4-2;;/h3-4H2,1-2H3;1H;/q;;+1/p-1. The van der Waals surface area contributed by atoms with E-state index in [1.165, 1.54) is 14.8 Å². The quantitative estimate of drug-likeness (QED) is 0.548. The zero-order valence-corrected chi connectivity index (χ0v) is 10.0. The molecule has 0 spiro atoms. The van der Waals surface area contributed by atoms with Crippen molar-refractivity contribution in [2.45, 2.75) is 13.8 Å². The van der Waals surface area contributed by atoms with Gasteiger partial charge in [-0.1, -0.05) is 0 Å². The first kappa shape index (κ1) is 11.2. The average molecular weight is 266 g/mol. The number of rotatable bonds is 2. The van der Waals surface area contributed by atoms with E-state index >= 15 is 0 Å². The van der Waals surface area contributed by atoms with Crippen molar-refractivity contribution in [2.75, 3.05) is 13.2 Å². The van der Waals surface area contributed by atoms with Crippen LogP contribution in [0.1, 0.15) is 13.8 Å². The molecule has 3 heteroatoms. The summed E-state index contributed by atoms with van der Waals surface area (Å²) in [4.78, 5) is 0. The van der Waals surface area contributed by atoms with Crippen LogP contribution in [0.15, 0.2) is 0 Å². The van der Waals surface area contributed by atoms with Crippen LogP contribution in [0.4, 0.5) is 0 Å². The Morgan fingerprint density at radius 1 is 1.29 bits per heavy atom. The van der Waals surface area contributed by atoms with Crippen molar-refractivity contribution in [1.82, 2.24) is 0 Å². The van der Waals surface area contributed by atoms with Crippen LogP contribution in [0, 0.1) is 0 Å². The Morgan fingerprint density at radius 2 is 1.57 bits per heavy atom. The zero-order valence-electron chi connectivity index (χ0n) is 4.91. The summed E-state index contributed by atoms with van der Waals surface area (Å²) in [6.45, 7) is 5.67. The molecule has 0 N–H and O–H groups in total. The van der Waals surface area contributed by atoms with Gasteiger partial charge in [0, 0.05) is 13.2 Å². The van der Waals surface area contributed by atoms with Gasteiger partial charge in [0.15, 0.2) is 0 Å². The fourth-order valence-electron chi connectivity index (χ4n) is 0.204.